The highest BCUT2D eigenvalue weighted by Crippen LogP contribution is 2.29. The molecule has 0 spiro atoms. The fraction of sp³-hybridized carbons (Fsp3) is 0.0588. The average Bonchev–Trinajstić information content (AvgIpc) is 3.05. The molecule has 0 saturated heterocycles. The molecule has 6 heteroatoms. The van der Waals surface area contributed by atoms with Gasteiger partial charge in [-0.1, -0.05) is 42.5 Å². The molecular weight excluding hydrogens is 350 g/mol. The molecule has 3 nitrogen and oxygen atoms in total. The van der Waals surface area contributed by atoms with Crippen LogP contribution in [0.25, 0.3) is 11.1 Å². The molecule has 1 aromatic heterocycles. The minimum atomic E-state index is -3.51. The Hall–Kier alpha value is -1.66. The molecule has 3 aromatic rings. The lowest BCUT2D eigenvalue weighted by molar-refractivity contribution is 0.595. The summed E-state index contributed by atoms with van der Waals surface area (Å²) in [5, 5.41) is 1.76. The molecule has 0 unspecified atom stereocenters. The smallest absolute Gasteiger partial charge is 0.207 e. The van der Waals surface area contributed by atoms with Gasteiger partial charge in [0.1, 0.15) is 0 Å². The largest absolute Gasteiger partial charge is 0.326 e. The third kappa shape index (κ3) is 3.48. The van der Waals surface area contributed by atoms with Crippen molar-refractivity contribution in [1.29, 1.82) is 0 Å². The first kappa shape index (κ1) is 17.7. The van der Waals surface area contributed by atoms with Gasteiger partial charge in [0, 0.05) is 11.4 Å². The molecule has 23 heavy (non-hydrogen) atoms. The van der Waals surface area contributed by atoms with Crippen LogP contribution in [-0.4, -0.2) is 8.42 Å². The normalized spacial score (nSPS) is 11.0. The first-order valence-electron chi connectivity index (χ1n) is 6.80. The zero-order valence-electron chi connectivity index (χ0n) is 12.2. The molecule has 3 rings (SSSR count). The van der Waals surface area contributed by atoms with Crippen LogP contribution < -0.4 is 5.73 Å². The monoisotopic (exact) mass is 365 g/mol. The van der Waals surface area contributed by atoms with E-state index in [-0.39, 0.29) is 19.0 Å². The van der Waals surface area contributed by atoms with E-state index >= 15 is 0 Å². The fourth-order valence-electron chi connectivity index (χ4n) is 2.30. The third-order valence-corrected chi connectivity index (χ3v) is 6.38. The number of rotatable bonds is 4. The summed E-state index contributed by atoms with van der Waals surface area (Å²) < 4.78 is 25.3. The average molecular weight is 366 g/mol. The second kappa shape index (κ2) is 7.27. The van der Waals surface area contributed by atoms with Crippen molar-refractivity contribution < 1.29 is 8.42 Å². The summed E-state index contributed by atoms with van der Waals surface area (Å²) in [7, 11) is -3.51. The zero-order chi connectivity index (χ0) is 15.6. The summed E-state index contributed by atoms with van der Waals surface area (Å²) in [6.45, 7) is 0.230. The molecule has 120 valence electrons. The quantitative estimate of drug-likeness (QED) is 0.756. The summed E-state index contributed by atoms with van der Waals surface area (Å²) >= 11 is 1.37. The molecule has 0 radical (unpaired) electrons. The second-order valence-corrected chi connectivity index (χ2v) is 7.72. The maximum atomic E-state index is 12.7. The summed E-state index contributed by atoms with van der Waals surface area (Å²) in [6.07, 6.45) is 0. The molecule has 0 aliphatic carbocycles. The molecular formula is C17H16ClNO2S2. The molecule has 0 aliphatic heterocycles. The Balaban J connectivity index is 0.00000192. The van der Waals surface area contributed by atoms with E-state index in [0.29, 0.717) is 14.7 Å². The predicted octanol–water partition coefficient (Wildman–Crippen LogP) is 4.13. The van der Waals surface area contributed by atoms with E-state index in [1.54, 1.807) is 23.6 Å². The van der Waals surface area contributed by atoms with E-state index in [9.17, 15) is 8.42 Å². The standard InChI is InChI=1S/C17H15NO2S2.ClH/c18-12-16-17(10-11-21-16)22(19,20)15-8-6-14(7-9-15)13-4-2-1-3-5-13;/h1-11H,12,18H2;1H. The van der Waals surface area contributed by atoms with Crippen molar-refractivity contribution in [1.82, 2.24) is 0 Å². The Bertz CT molecular complexity index is 872. The highest BCUT2D eigenvalue weighted by Gasteiger charge is 2.21. The Morgan fingerprint density at radius 3 is 2.09 bits per heavy atom. The van der Waals surface area contributed by atoms with Crippen molar-refractivity contribution in [2.75, 3.05) is 0 Å². The van der Waals surface area contributed by atoms with Crippen LogP contribution >= 0.6 is 23.7 Å². The van der Waals surface area contributed by atoms with Gasteiger partial charge in [0.15, 0.2) is 0 Å². The maximum Gasteiger partial charge on any atom is 0.207 e. The van der Waals surface area contributed by atoms with Crippen molar-refractivity contribution in [2.24, 2.45) is 5.73 Å². The Labute approximate surface area is 146 Å². The molecule has 1 heterocycles. The second-order valence-electron chi connectivity index (χ2n) is 4.81. The van der Waals surface area contributed by atoms with Gasteiger partial charge in [0.05, 0.1) is 9.79 Å². The summed E-state index contributed by atoms with van der Waals surface area (Å²) in [6, 6.07) is 18.4. The molecule has 0 saturated carbocycles. The van der Waals surface area contributed by atoms with Gasteiger partial charge in [0.25, 0.3) is 0 Å². The molecule has 2 N–H and O–H groups in total. The van der Waals surface area contributed by atoms with Gasteiger partial charge in [-0.05, 0) is 34.7 Å². The lowest BCUT2D eigenvalue weighted by Gasteiger charge is -2.07. The molecule has 0 amide bonds. The van der Waals surface area contributed by atoms with Crippen LogP contribution in [0, 0.1) is 0 Å². The lowest BCUT2D eigenvalue weighted by atomic mass is 10.1. The van der Waals surface area contributed by atoms with Crippen molar-refractivity contribution >= 4 is 33.6 Å². The van der Waals surface area contributed by atoms with E-state index in [4.69, 9.17) is 5.73 Å². The third-order valence-electron chi connectivity index (χ3n) is 3.45. The first-order valence-corrected chi connectivity index (χ1v) is 9.16. The van der Waals surface area contributed by atoms with Gasteiger partial charge >= 0.3 is 0 Å². The minimum absolute atomic E-state index is 0. The maximum absolute atomic E-state index is 12.7. The van der Waals surface area contributed by atoms with Crippen LogP contribution in [0.4, 0.5) is 0 Å². The Morgan fingerprint density at radius 1 is 0.870 bits per heavy atom. The zero-order valence-corrected chi connectivity index (χ0v) is 14.6. The highest BCUT2D eigenvalue weighted by atomic mass is 35.5. The van der Waals surface area contributed by atoms with Gasteiger partial charge in [-0.25, -0.2) is 8.42 Å². The summed E-state index contributed by atoms with van der Waals surface area (Å²) in [4.78, 5) is 1.29. The van der Waals surface area contributed by atoms with Crippen LogP contribution in [0.2, 0.25) is 0 Å². The van der Waals surface area contributed by atoms with Gasteiger partial charge in [-0.15, -0.1) is 23.7 Å². The van der Waals surface area contributed by atoms with Crippen molar-refractivity contribution in [3.05, 3.63) is 70.9 Å². The van der Waals surface area contributed by atoms with Gasteiger partial charge in [-0.2, -0.15) is 0 Å². The molecule has 0 atom stereocenters. The molecule has 2 aromatic carbocycles. The first-order chi connectivity index (χ1) is 10.6. The highest BCUT2D eigenvalue weighted by molar-refractivity contribution is 7.91. The Kier molecular flexibility index (Phi) is 5.59. The summed E-state index contributed by atoms with van der Waals surface area (Å²) in [5.74, 6) is 0. The van der Waals surface area contributed by atoms with E-state index in [1.807, 2.05) is 42.5 Å². The van der Waals surface area contributed by atoms with Crippen molar-refractivity contribution in [3.8, 4) is 11.1 Å². The van der Waals surface area contributed by atoms with Crippen molar-refractivity contribution in [2.45, 2.75) is 16.3 Å². The predicted molar refractivity (Wildman–Crippen MR) is 96.8 cm³/mol. The fourth-order valence-corrected chi connectivity index (χ4v) is 4.89. The molecule has 0 bridgehead atoms. The number of thiophene rings is 1. The van der Waals surface area contributed by atoms with Gasteiger partial charge in [-0.3, -0.25) is 0 Å². The van der Waals surface area contributed by atoms with E-state index in [1.165, 1.54) is 11.3 Å². The number of benzene rings is 2. The van der Waals surface area contributed by atoms with Gasteiger partial charge < -0.3 is 5.73 Å². The van der Waals surface area contributed by atoms with E-state index < -0.39 is 9.84 Å². The number of hydrogen-bond acceptors (Lipinski definition) is 4. The lowest BCUT2D eigenvalue weighted by Crippen LogP contribution is -2.05. The number of hydrogen-bond donors (Lipinski definition) is 1. The summed E-state index contributed by atoms with van der Waals surface area (Å²) in [5.41, 5.74) is 7.67. The SMILES string of the molecule is Cl.NCc1sccc1S(=O)(=O)c1ccc(-c2ccccc2)cc1. The van der Waals surface area contributed by atoms with Crippen LogP contribution in [0.3, 0.4) is 0 Å². The molecule has 0 fully saturated rings. The molecule has 0 aliphatic rings. The number of nitrogens with two attached hydrogens (primary N) is 1. The van der Waals surface area contributed by atoms with Crippen LogP contribution in [0.1, 0.15) is 4.88 Å². The van der Waals surface area contributed by atoms with Crippen LogP contribution in [0.5, 0.6) is 0 Å². The van der Waals surface area contributed by atoms with E-state index in [0.717, 1.165) is 11.1 Å². The topological polar surface area (TPSA) is 60.2 Å². The number of sulfone groups is 1. The minimum Gasteiger partial charge on any atom is -0.326 e. The number of halogens is 1. The van der Waals surface area contributed by atoms with Crippen LogP contribution in [-0.2, 0) is 16.4 Å². The van der Waals surface area contributed by atoms with E-state index in [2.05, 4.69) is 0 Å². The van der Waals surface area contributed by atoms with Gasteiger partial charge in [0.2, 0.25) is 9.84 Å². The Morgan fingerprint density at radius 2 is 1.48 bits per heavy atom. The van der Waals surface area contributed by atoms with Crippen LogP contribution in [0.15, 0.2) is 75.8 Å². The van der Waals surface area contributed by atoms with Crippen molar-refractivity contribution in [3.63, 3.8) is 0 Å².